The van der Waals surface area contributed by atoms with Gasteiger partial charge in [0.25, 0.3) is 0 Å². The van der Waals surface area contributed by atoms with Crippen molar-refractivity contribution in [1.82, 2.24) is 9.62 Å². The summed E-state index contributed by atoms with van der Waals surface area (Å²) in [6.07, 6.45) is 0.953. The molecule has 1 fully saturated rings. The zero-order valence-corrected chi connectivity index (χ0v) is 14.3. The Labute approximate surface area is 128 Å². The molecule has 1 aromatic carbocycles. The molecule has 0 saturated carbocycles. The van der Waals surface area contributed by atoms with Crippen molar-refractivity contribution in [3.05, 3.63) is 28.8 Å². The molecule has 1 atom stereocenters. The first-order chi connectivity index (χ1) is 9.86. The normalized spacial score (nSPS) is 20.1. The van der Waals surface area contributed by atoms with Crippen LogP contribution >= 0.6 is 0 Å². The van der Waals surface area contributed by atoms with Crippen molar-refractivity contribution in [2.45, 2.75) is 45.6 Å². The van der Waals surface area contributed by atoms with Crippen molar-refractivity contribution in [1.29, 1.82) is 0 Å². The van der Waals surface area contributed by atoms with Gasteiger partial charge in [0.05, 0.1) is 4.90 Å². The Morgan fingerprint density at radius 3 is 2.57 bits per heavy atom. The monoisotopic (exact) mass is 310 g/mol. The molecule has 1 aliphatic rings. The Balaban J connectivity index is 2.38. The highest BCUT2D eigenvalue weighted by Gasteiger charge is 2.31. The molecule has 1 N–H and O–H groups in total. The number of hydrogen-bond acceptors (Lipinski definition) is 3. The number of nitrogens with one attached hydrogen (secondary N) is 1. The minimum absolute atomic E-state index is 0.451. The van der Waals surface area contributed by atoms with Gasteiger partial charge in [0.15, 0.2) is 0 Å². The standard InChI is InChI=1S/C16H26N2O2S/c1-5-17-10-15-9-16(14(4)8-13(15)3)21(19,20)18-7-6-12(2)11-18/h8-9,12,17H,5-7,10-11H2,1-4H3. The zero-order valence-electron chi connectivity index (χ0n) is 13.4. The molecule has 1 aromatic rings. The van der Waals surface area contributed by atoms with Gasteiger partial charge in [0.1, 0.15) is 0 Å². The average Bonchev–Trinajstić information content (AvgIpc) is 2.85. The number of rotatable bonds is 5. The summed E-state index contributed by atoms with van der Waals surface area (Å²) in [7, 11) is -3.36. The Morgan fingerprint density at radius 1 is 1.29 bits per heavy atom. The van der Waals surface area contributed by atoms with E-state index in [0.29, 0.717) is 30.4 Å². The van der Waals surface area contributed by atoms with Gasteiger partial charge in [0.2, 0.25) is 10.0 Å². The first-order valence-electron chi connectivity index (χ1n) is 7.67. The van der Waals surface area contributed by atoms with Crippen LogP contribution in [0, 0.1) is 19.8 Å². The molecule has 1 unspecified atom stereocenters. The van der Waals surface area contributed by atoms with Crippen LogP contribution in [0.15, 0.2) is 17.0 Å². The number of sulfonamides is 1. The molecular formula is C16H26N2O2S. The summed E-state index contributed by atoms with van der Waals surface area (Å²) in [5, 5.41) is 3.27. The van der Waals surface area contributed by atoms with Gasteiger partial charge in [-0.05, 0) is 55.5 Å². The lowest BCUT2D eigenvalue weighted by molar-refractivity contribution is 0.464. The number of benzene rings is 1. The van der Waals surface area contributed by atoms with E-state index in [1.54, 1.807) is 4.31 Å². The molecule has 5 heteroatoms. The van der Waals surface area contributed by atoms with Crippen molar-refractivity contribution in [3.63, 3.8) is 0 Å². The van der Waals surface area contributed by atoms with Crippen LogP contribution in [-0.4, -0.2) is 32.4 Å². The topological polar surface area (TPSA) is 49.4 Å². The van der Waals surface area contributed by atoms with Gasteiger partial charge < -0.3 is 5.32 Å². The summed E-state index contributed by atoms with van der Waals surface area (Å²) in [5.41, 5.74) is 3.04. The van der Waals surface area contributed by atoms with E-state index in [1.807, 2.05) is 32.9 Å². The molecule has 0 bridgehead atoms. The quantitative estimate of drug-likeness (QED) is 0.909. The minimum Gasteiger partial charge on any atom is -0.313 e. The molecule has 0 amide bonds. The molecule has 4 nitrogen and oxygen atoms in total. The van der Waals surface area contributed by atoms with Crippen LogP contribution in [0.3, 0.4) is 0 Å². The van der Waals surface area contributed by atoms with E-state index < -0.39 is 10.0 Å². The fourth-order valence-electron chi connectivity index (χ4n) is 2.85. The van der Waals surface area contributed by atoms with Crippen LogP contribution in [0.2, 0.25) is 0 Å². The third kappa shape index (κ3) is 3.47. The molecule has 0 aromatic heterocycles. The second-order valence-electron chi connectivity index (χ2n) is 6.08. The van der Waals surface area contributed by atoms with Crippen LogP contribution < -0.4 is 5.32 Å². The molecule has 21 heavy (non-hydrogen) atoms. The predicted octanol–water partition coefficient (Wildman–Crippen LogP) is 2.44. The third-order valence-corrected chi connectivity index (χ3v) is 6.21. The van der Waals surface area contributed by atoms with Gasteiger partial charge >= 0.3 is 0 Å². The summed E-state index contributed by atoms with van der Waals surface area (Å²) in [4.78, 5) is 0.468. The highest BCUT2D eigenvalue weighted by atomic mass is 32.2. The lowest BCUT2D eigenvalue weighted by Gasteiger charge is -2.19. The van der Waals surface area contributed by atoms with E-state index in [-0.39, 0.29) is 0 Å². The molecule has 118 valence electrons. The van der Waals surface area contributed by atoms with Gasteiger partial charge in [0, 0.05) is 19.6 Å². The first-order valence-corrected chi connectivity index (χ1v) is 9.11. The van der Waals surface area contributed by atoms with Crippen LogP contribution in [-0.2, 0) is 16.6 Å². The van der Waals surface area contributed by atoms with E-state index in [9.17, 15) is 8.42 Å². The smallest absolute Gasteiger partial charge is 0.243 e. The van der Waals surface area contributed by atoms with Crippen molar-refractivity contribution in [2.24, 2.45) is 5.92 Å². The molecule has 0 spiro atoms. The lowest BCUT2D eigenvalue weighted by Crippen LogP contribution is -2.29. The van der Waals surface area contributed by atoms with Crippen molar-refractivity contribution in [3.8, 4) is 0 Å². The fourth-order valence-corrected chi connectivity index (χ4v) is 4.69. The van der Waals surface area contributed by atoms with E-state index in [0.717, 1.165) is 29.7 Å². The van der Waals surface area contributed by atoms with Gasteiger partial charge in [-0.3, -0.25) is 0 Å². The molecule has 2 rings (SSSR count). The molecule has 1 heterocycles. The predicted molar refractivity (Wildman–Crippen MR) is 85.8 cm³/mol. The molecule has 1 aliphatic heterocycles. The summed E-state index contributed by atoms with van der Waals surface area (Å²) >= 11 is 0. The molecule has 1 saturated heterocycles. The lowest BCUT2D eigenvalue weighted by atomic mass is 10.1. The van der Waals surface area contributed by atoms with Crippen LogP contribution in [0.1, 0.15) is 37.0 Å². The summed E-state index contributed by atoms with van der Waals surface area (Å²) in [6.45, 7) is 10.9. The van der Waals surface area contributed by atoms with Gasteiger partial charge in [-0.1, -0.05) is 19.9 Å². The van der Waals surface area contributed by atoms with E-state index in [1.165, 1.54) is 0 Å². The van der Waals surface area contributed by atoms with Crippen LogP contribution in [0.25, 0.3) is 0 Å². The zero-order chi connectivity index (χ0) is 15.6. The highest BCUT2D eigenvalue weighted by molar-refractivity contribution is 7.89. The van der Waals surface area contributed by atoms with Crippen LogP contribution in [0.4, 0.5) is 0 Å². The van der Waals surface area contributed by atoms with Crippen molar-refractivity contribution < 1.29 is 8.42 Å². The maximum Gasteiger partial charge on any atom is 0.243 e. The van der Waals surface area contributed by atoms with Crippen LogP contribution in [0.5, 0.6) is 0 Å². The second-order valence-corrected chi connectivity index (χ2v) is 7.99. The SMILES string of the molecule is CCNCc1cc(S(=O)(=O)N2CCC(C)C2)c(C)cc1C. The third-order valence-electron chi connectivity index (χ3n) is 4.20. The van der Waals surface area contributed by atoms with Crippen molar-refractivity contribution in [2.75, 3.05) is 19.6 Å². The van der Waals surface area contributed by atoms with E-state index in [2.05, 4.69) is 12.2 Å². The Morgan fingerprint density at radius 2 is 2.00 bits per heavy atom. The second kappa shape index (κ2) is 6.46. The maximum absolute atomic E-state index is 12.8. The van der Waals surface area contributed by atoms with Gasteiger partial charge in [-0.15, -0.1) is 0 Å². The van der Waals surface area contributed by atoms with E-state index in [4.69, 9.17) is 0 Å². The summed E-state index contributed by atoms with van der Waals surface area (Å²) in [6, 6.07) is 3.84. The molecule has 0 radical (unpaired) electrons. The summed E-state index contributed by atoms with van der Waals surface area (Å²) in [5.74, 6) is 0.451. The average molecular weight is 310 g/mol. The van der Waals surface area contributed by atoms with Crippen molar-refractivity contribution >= 4 is 10.0 Å². The Hall–Kier alpha value is -0.910. The number of aryl methyl sites for hydroxylation is 2. The Kier molecular flexibility index (Phi) is 5.07. The molecular weight excluding hydrogens is 284 g/mol. The number of nitrogens with zero attached hydrogens (tertiary/aromatic N) is 1. The highest BCUT2D eigenvalue weighted by Crippen LogP contribution is 2.28. The number of hydrogen-bond donors (Lipinski definition) is 1. The molecule has 0 aliphatic carbocycles. The summed E-state index contributed by atoms with van der Waals surface area (Å²) < 4.78 is 27.3. The maximum atomic E-state index is 12.8. The van der Waals surface area contributed by atoms with Gasteiger partial charge in [-0.25, -0.2) is 8.42 Å². The first kappa shape index (κ1) is 16.5. The minimum atomic E-state index is -3.36. The van der Waals surface area contributed by atoms with Gasteiger partial charge in [-0.2, -0.15) is 4.31 Å². The Bertz CT molecular complexity index is 611. The fraction of sp³-hybridized carbons (Fsp3) is 0.625. The van der Waals surface area contributed by atoms with E-state index >= 15 is 0 Å². The largest absolute Gasteiger partial charge is 0.313 e.